The SMILES string of the molecule is CC(OC(C)(C)C)C(C)(C)OCCNCC(=O)O. The van der Waals surface area contributed by atoms with Gasteiger partial charge in [0, 0.05) is 6.54 Å². The molecule has 0 radical (unpaired) electrons. The first-order chi connectivity index (χ1) is 8.04. The van der Waals surface area contributed by atoms with Crippen LogP contribution >= 0.6 is 0 Å². The fourth-order valence-corrected chi connectivity index (χ4v) is 1.37. The molecule has 2 N–H and O–H groups in total. The van der Waals surface area contributed by atoms with E-state index in [9.17, 15) is 4.79 Å². The van der Waals surface area contributed by atoms with Gasteiger partial charge in [0.25, 0.3) is 0 Å². The van der Waals surface area contributed by atoms with Gasteiger partial charge in [-0.2, -0.15) is 0 Å². The maximum absolute atomic E-state index is 10.3. The maximum Gasteiger partial charge on any atom is 0.317 e. The largest absolute Gasteiger partial charge is 0.480 e. The van der Waals surface area contributed by atoms with Crippen molar-refractivity contribution in [1.29, 1.82) is 0 Å². The molecule has 0 aromatic rings. The Bertz CT molecular complexity index is 258. The van der Waals surface area contributed by atoms with Crippen molar-refractivity contribution in [2.24, 2.45) is 0 Å². The lowest BCUT2D eigenvalue weighted by Crippen LogP contribution is -2.44. The van der Waals surface area contributed by atoms with Gasteiger partial charge in [-0.1, -0.05) is 0 Å². The van der Waals surface area contributed by atoms with Crippen LogP contribution < -0.4 is 5.32 Å². The van der Waals surface area contributed by atoms with Crippen LogP contribution in [0.3, 0.4) is 0 Å². The molecule has 5 nitrogen and oxygen atoms in total. The van der Waals surface area contributed by atoms with Crippen LogP contribution in [0.5, 0.6) is 0 Å². The first kappa shape index (κ1) is 17.4. The molecule has 0 fully saturated rings. The highest BCUT2D eigenvalue weighted by atomic mass is 16.6. The van der Waals surface area contributed by atoms with Gasteiger partial charge in [-0.25, -0.2) is 0 Å². The highest BCUT2D eigenvalue weighted by Gasteiger charge is 2.30. The lowest BCUT2D eigenvalue weighted by atomic mass is 10.0. The van der Waals surface area contributed by atoms with E-state index >= 15 is 0 Å². The van der Waals surface area contributed by atoms with E-state index in [1.54, 1.807) is 0 Å². The lowest BCUT2D eigenvalue weighted by Gasteiger charge is -2.36. The molecule has 0 spiro atoms. The van der Waals surface area contributed by atoms with Crippen molar-refractivity contribution in [3.63, 3.8) is 0 Å². The number of rotatable bonds is 8. The van der Waals surface area contributed by atoms with Gasteiger partial charge in [-0.15, -0.1) is 0 Å². The molecule has 0 aromatic heterocycles. The van der Waals surface area contributed by atoms with Gasteiger partial charge in [-0.3, -0.25) is 4.79 Å². The molecule has 0 aliphatic rings. The molecule has 0 aliphatic heterocycles. The van der Waals surface area contributed by atoms with Gasteiger partial charge >= 0.3 is 5.97 Å². The van der Waals surface area contributed by atoms with Crippen LogP contribution in [0.1, 0.15) is 41.5 Å². The summed E-state index contributed by atoms with van der Waals surface area (Å²) < 4.78 is 11.6. The monoisotopic (exact) mass is 261 g/mol. The highest BCUT2D eigenvalue weighted by molar-refractivity contribution is 5.68. The smallest absolute Gasteiger partial charge is 0.317 e. The third kappa shape index (κ3) is 8.44. The molecule has 0 rings (SSSR count). The van der Waals surface area contributed by atoms with E-state index < -0.39 is 11.6 Å². The van der Waals surface area contributed by atoms with Crippen molar-refractivity contribution in [3.05, 3.63) is 0 Å². The van der Waals surface area contributed by atoms with E-state index in [4.69, 9.17) is 14.6 Å². The van der Waals surface area contributed by atoms with E-state index in [0.717, 1.165) is 0 Å². The van der Waals surface area contributed by atoms with Crippen molar-refractivity contribution < 1.29 is 19.4 Å². The van der Waals surface area contributed by atoms with E-state index in [0.29, 0.717) is 13.2 Å². The average Bonchev–Trinajstić information content (AvgIpc) is 2.13. The zero-order valence-electron chi connectivity index (χ0n) is 12.4. The summed E-state index contributed by atoms with van der Waals surface area (Å²) in [7, 11) is 0. The molecule has 0 saturated carbocycles. The van der Waals surface area contributed by atoms with Crippen molar-refractivity contribution in [2.45, 2.75) is 58.8 Å². The minimum atomic E-state index is -0.862. The second-order valence-corrected chi connectivity index (χ2v) is 5.89. The van der Waals surface area contributed by atoms with Crippen LogP contribution in [0.4, 0.5) is 0 Å². The molecule has 0 aromatic carbocycles. The normalized spacial score (nSPS) is 14.6. The number of hydrogen-bond acceptors (Lipinski definition) is 4. The van der Waals surface area contributed by atoms with E-state index in [2.05, 4.69) is 5.32 Å². The summed E-state index contributed by atoms with van der Waals surface area (Å²) in [4.78, 5) is 10.3. The Labute approximate surface area is 110 Å². The van der Waals surface area contributed by atoms with Gasteiger partial charge in [0.05, 0.1) is 30.5 Å². The second kappa shape index (κ2) is 7.07. The third-order valence-corrected chi connectivity index (χ3v) is 2.54. The molecule has 1 unspecified atom stereocenters. The van der Waals surface area contributed by atoms with E-state index in [1.165, 1.54) is 0 Å². The summed E-state index contributed by atoms with van der Waals surface area (Å²) in [5, 5.41) is 11.2. The summed E-state index contributed by atoms with van der Waals surface area (Å²) in [6.07, 6.45) is -0.0445. The fraction of sp³-hybridized carbons (Fsp3) is 0.923. The average molecular weight is 261 g/mol. The minimum absolute atomic E-state index is 0.0438. The molecular weight excluding hydrogens is 234 g/mol. The Hall–Kier alpha value is -0.650. The summed E-state index contributed by atoms with van der Waals surface area (Å²) in [6.45, 7) is 12.9. The van der Waals surface area contributed by atoms with Crippen LogP contribution in [0.25, 0.3) is 0 Å². The van der Waals surface area contributed by atoms with Crippen molar-refractivity contribution in [1.82, 2.24) is 5.32 Å². The Morgan fingerprint density at radius 2 is 1.83 bits per heavy atom. The predicted octanol–water partition coefficient (Wildman–Crippen LogP) is 1.66. The molecule has 108 valence electrons. The van der Waals surface area contributed by atoms with Crippen LogP contribution in [0.2, 0.25) is 0 Å². The predicted molar refractivity (Wildman–Crippen MR) is 70.8 cm³/mol. The number of carboxylic acid groups (broad SMARTS) is 1. The summed E-state index contributed by atoms with van der Waals surface area (Å²) in [6, 6.07) is 0. The Morgan fingerprint density at radius 1 is 1.28 bits per heavy atom. The van der Waals surface area contributed by atoms with Crippen molar-refractivity contribution in [2.75, 3.05) is 19.7 Å². The van der Waals surface area contributed by atoms with Gasteiger partial charge in [0.2, 0.25) is 0 Å². The fourth-order valence-electron chi connectivity index (χ4n) is 1.37. The first-order valence-electron chi connectivity index (χ1n) is 6.29. The number of carbonyl (C=O) groups is 1. The number of carboxylic acids is 1. The Morgan fingerprint density at radius 3 is 2.28 bits per heavy atom. The Kier molecular flexibility index (Phi) is 6.81. The number of ether oxygens (including phenoxy) is 2. The second-order valence-electron chi connectivity index (χ2n) is 5.89. The molecule has 1 atom stereocenters. The van der Waals surface area contributed by atoms with Crippen molar-refractivity contribution in [3.8, 4) is 0 Å². The quantitative estimate of drug-likeness (QED) is 0.650. The maximum atomic E-state index is 10.3. The van der Waals surface area contributed by atoms with Gasteiger partial charge < -0.3 is 19.9 Å². The molecule has 0 amide bonds. The lowest BCUT2D eigenvalue weighted by molar-refractivity contribution is -0.160. The van der Waals surface area contributed by atoms with Gasteiger partial charge in [0.1, 0.15) is 0 Å². The summed E-state index contributed by atoms with van der Waals surface area (Å²) in [5.74, 6) is -0.862. The molecule has 0 heterocycles. The van der Waals surface area contributed by atoms with E-state index in [1.807, 2.05) is 41.5 Å². The summed E-state index contributed by atoms with van der Waals surface area (Å²) in [5.41, 5.74) is -0.611. The topological polar surface area (TPSA) is 67.8 Å². The molecule has 0 aliphatic carbocycles. The standard InChI is InChI=1S/C13H27NO4/c1-10(18-12(2,3)4)13(5,6)17-8-7-14-9-11(15)16/h10,14H,7-9H2,1-6H3,(H,15,16). The molecule has 18 heavy (non-hydrogen) atoms. The van der Waals surface area contributed by atoms with Gasteiger partial charge in [0.15, 0.2) is 0 Å². The zero-order chi connectivity index (χ0) is 14.4. The number of hydrogen-bond donors (Lipinski definition) is 2. The molecule has 5 heteroatoms. The summed E-state index contributed by atoms with van der Waals surface area (Å²) >= 11 is 0. The van der Waals surface area contributed by atoms with Crippen LogP contribution in [0.15, 0.2) is 0 Å². The van der Waals surface area contributed by atoms with Crippen LogP contribution in [-0.2, 0) is 14.3 Å². The minimum Gasteiger partial charge on any atom is -0.480 e. The van der Waals surface area contributed by atoms with Crippen molar-refractivity contribution >= 4 is 5.97 Å². The first-order valence-corrected chi connectivity index (χ1v) is 6.29. The molecule has 0 saturated heterocycles. The number of nitrogens with one attached hydrogen (secondary N) is 1. The Balaban J connectivity index is 3.95. The van der Waals surface area contributed by atoms with Gasteiger partial charge in [-0.05, 0) is 41.5 Å². The third-order valence-electron chi connectivity index (χ3n) is 2.54. The molecule has 0 bridgehead atoms. The van der Waals surface area contributed by atoms with E-state index in [-0.39, 0.29) is 18.2 Å². The molecular formula is C13H27NO4. The van der Waals surface area contributed by atoms with Crippen LogP contribution in [-0.4, -0.2) is 48.1 Å². The number of aliphatic carboxylic acids is 1. The van der Waals surface area contributed by atoms with Crippen LogP contribution in [0, 0.1) is 0 Å². The zero-order valence-corrected chi connectivity index (χ0v) is 12.4. The highest BCUT2D eigenvalue weighted by Crippen LogP contribution is 2.22.